The van der Waals surface area contributed by atoms with E-state index in [2.05, 4.69) is 0 Å². The topological polar surface area (TPSA) is 38.7 Å². The van der Waals surface area contributed by atoms with Gasteiger partial charge in [0.1, 0.15) is 5.75 Å². The molecule has 1 fully saturated rings. The molecule has 0 saturated heterocycles. The first kappa shape index (κ1) is 9.46. The molecule has 1 aromatic carbocycles. The van der Waals surface area contributed by atoms with Crippen molar-refractivity contribution < 1.29 is 14.6 Å². The Bertz CT molecular complexity index is 413. The zero-order valence-electron chi connectivity index (χ0n) is 8.12. The Balaban J connectivity index is 2.08. The van der Waals surface area contributed by atoms with Crippen LogP contribution in [0.25, 0.3) is 0 Å². The van der Waals surface area contributed by atoms with Crippen molar-refractivity contribution in [2.75, 3.05) is 6.79 Å². The van der Waals surface area contributed by atoms with Crippen molar-refractivity contribution in [2.45, 2.75) is 25.0 Å². The highest BCUT2D eigenvalue weighted by Gasteiger charge is 2.44. The predicted molar refractivity (Wildman–Crippen MR) is 54.9 cm³/mol. The number of hydrogen-bond acceptors (Lipinski definition) is 3. The molecule has 3 nitrogen and oxygen atoms in total. The fourth-order valence-electron chi connectivity index (χ4n) is 1.84. The molecular formula is C11H11ClO3. The van der Waals surface area contributed by atoms with E-state index in [1.165, 1.54) is 0 Å². The number of halogens is 1. The average Bonchev–Trinajstić information content (AvgIpc) is 2.96. The highest BCUT2D eigenvalue weighted by molar-refractivity contribution is 6.31. The summed E-state index contributed by atoms with van der Waals surface area (Å²) in [6, 6.07) is 3.66. The Kier molecular flexibility index (Phi) is 1.96. The van der Waals surface area contributed by atoms with E-state index in [-0.39, 0.29) is 6.79 Å². The van der Waals surface area contributed by atoms with Gasteiger partial charge in [-0.2, -0.15) is 0 Å². The second kappa shape index (κ2) is 3.11. The standard InChI is InChI=1S/C11H11ClO3/c12-9-3-7-5-14-6-15-10(7)4-8(9)11(13)1-2-11/h3-4,13H,1-2,5-6H2. The Morgan fingerprint density at radius 3 is 2.87 bits per heavy atom. The normalized spacial score (nSPS) is 21.7. The third kappa shape index (κ3) is 1.51. The molecule has 1 aliphatic carbocycles. The van der Waals surface area contributed by atoms with Crippen LogP contribution in [0.1, 0.15) is 24.0 Å². The molecule has 0 aromatic heterocycles. The quantitative estimate of drug-likeness (QED) is 0.798. The van der Waals surface area contributed by atoms with E-state index >= 15 is 0 Å². The molecule has 0 amide bonds. The van der Waals surface area contributed by atoms with E-state index in [0.29, 0.717) is 11.6 Å². The second-order valence-electron chi connectivity index (χ2n) is 4.08. The number of fused-ring (bicyclic) bond motifs is 1. The molecule has 0 atom stereocenters. The molecule has 1 saturated carbocycles. The summed E-state index contributed by atoms with van der Waals surface area (Å²) in [7, 11) is 0. The van der Waals surface area contributed by atoms with E-state index < -0.39 is 5.60 Å². The van der Waals surface area contributed by atoms with Gasteiger partial charge in [-0.1, -0.05) is 11.6 Å². The molecule has 0 spiro atoms. The highest BCUT2D eigenvalue weighted by atomic mass is 35.5. The Morgan fingerprint density at radius 1 is 1.33 bits per heavy atom. The van der Waals surface area contributed by atoms with Crippen LogP contribution >= 0.6 is 11.6 Å². The van der Waals surface area contributed by atoms with E-state index in [9.17, 15) is 5.11 Å². The van der Waals surface area contributed by atoms with Crippen molar-refractivity contribution >= 4 is 11.6 Å². The summed E-state index contributed by atoms with van der Waals surface area (Å²) in [5.74, 6) is 0.779. The highest BCUT2D eigenvalue weighted by Crippen LogP contribution is 2.49. The van der Waals surface area contributed by atoms with Gasteiger partial charge in [-0.3, -0.25) is 0 Å². The number of benzene rings is 1. The lowest BCUT2D eigenvalue weighted by atomic mass is 10.0. The summed E-state index contributed by atoms with van der Waals surface area (Å²) in [5.41, 5.74) is 1.01. The SMILES string of the molecule is OC1(c2cc3c(cc2Cl)COCO3)CC1. The van der Waals surface area contributed by atoms with Gasteiger partial charge in [0, 0.05) is 16.1 Å². The Labute approximate surface area is 92.6 Å². The van der Waals surface area contributed by atoms with Gasteiger partial charge in [-0.05, 0) is 25.0 Å². The lowest BCUT2D eigenvalue weighted by molar-refractivity contribution is -0.0166. The van der Waals surface area contributed by atoms with E-state index in [1.54, 1.807) is 0 Å². The van der Waals surface area contributed by atoms with Crippen molar-refractivity contribution in [2.24, 2.45) is 0 Å². The van der Waals surface area contributed by atoms with Gasteiger partial charge in [0.25, 0.3) is 0 Å². The van der Waals surface area contributed by atoms with Crippen molar-refractivity contribution in [3.8, 4) is 5.75 Å². The third-order valence-corrected chi connectivity index (χ3v) is 3.24. The molecule has 2 aliphatic rings. The van der Waals surface area contributed by atoms with Crippen LogP contribution in [-0.4, -0.2) is 11.9 Å². The van der Waals surface area contributed by atoms with Crippen molar-refractivity contribution in [3.05, 3.63) is 28.3 Å². The molecule has 1 N–H and O–H groups in total. The molecule has 1 aliphatic heterocycles. The molecule has 0 radical (unpaired) electrons. The minimum Gasteiger partial charge on any atom is -0.467 e. The molecule has 4 heteroatoms. The summed E-state index contributed by atoms with van der Waals surface area (Å²) >= 11 is 6.11. The zero-order chi connectivity index (χ0) is 10.5. The molecule has 0 bridgehead atoms. The van der Waals surface area contributed by atoms with Crippen molar-refractivity contribution in [3.63, 3.8) is 0 Å². The predicted octanol–water partition coefficient (Wildman–Crippen LogP) is 2.19. The summed E-state index contributed by atoms with van der Waals surface area (Å²) in [5, 5.41) is 10.6. The molecule has 3 rings (SSSR count). The van der Waals surface area contributed by atoms with Crippen LogP contribution in [0, 0.1) is 0 Å². The Morgan fingerprint density at radius 2 is 2.13 bits per heavy atom. The zero-order valence-corrected chi connectivity index (χ0v) is 8.88. The average molecular weight is 227 g/mol. The maximum Gasteiger partial charge on any atom is 0.189 e. The molecule has 15 heavy (non-hydrogen) atoms. The first-order valence-electron chi connectivity index (χ1n) is 4.95. The first-order valence-corrected chi connectivity index (χ1v) is 5.33. The van der Waals surface area contributed by atoms with Crippen LogP contribution in [0.15, 0.2) is 12.1 Å². The van der Waals surface area contributed by atoms with Gasteiger partial charge >= 0.3 is 0 Å². The minimum absolute atomic E-state index is 0.270. The monoisotopic (exact) mass is 226 g/mol. The maximum atomic E-state index is 10.0. The van der Waals surface area contributed by atoms with Crippen LogP contribution < -0.4 is 4.74 Å². The lowest BCUT2D eigenvalue weighted by Gasteiger charge is -2.20. The number of ether oxygens (including phenoxy) is 2. The van der Waals surface area contributed by atoms with Gasteiger partial charge in [0.15, 0.2) is 6.79 Å². The van der Waals surface area contributed by atoms with Crippen LogP contribution in [-0.2, 0) is 16.9 Å². The van der Waals surface area contributed by atoms with Crippen LogP contribution in [0.2, 0.25) is 5.02 Å². The van der Waals surface area contributed by atoms with Gasteiger partial charge < -0.3 is 14.6 Å². The smallest absolute Gasteiger partial charge is 0.189 e. The first-order chi connectivity index (χ1) is 7.19. The van der Waals surface area contributed by atoms with Crippen molar-refractivity contribution in [1.82, 2.24) is 0 Å². The largest absolute Gasteiger partial charge is 0.467 e. The summed E-state index contributed by atoms with van der Waals surface area (Å²) in [6.45, 7) is 0.792. The molecule has 1 heterocycles. The number of aliphatic hydroxyl groups is 1. The van der Waals surface area contributed by atoms with Gasteiger partial charge in [0.05, 0.1) is 12.2 Å². The van der Waals surface area contributed by atoms with Crippen LogP contribution in [0.3, 0.4) is 0 Å². The van der Waals surface area contributed by atoms with Crippen LogP contribution in [0.4, 0.5) is 0 Å². The third-order valence-electron chi connectivity index (χ3n) is 2.93. The van der Waals surface area contributed by atoms with Gasteiger partial charge in [-0.15, -0.1) is 0 Å². The minimum atomic E-state index is -0.715. The number of rotatable bonds is 1. The van der Waals surface area contributed by atoms with E-state index in [4.69, 9.17) is 21.1 Å². The van der Waals surface area contributed by atoms with Gasteiger partial charge in [-0.25, -0.2) is 0 Å². The van der Waals surface area contributed by atoms with Crippen LogP contribution in [0.5, 0.6) is 5.75 Å². The molecule has 80 valence electrons. The fraction of sp³-hybridized carbons (Fsp3) is 0.455. The lowest BCUT2D eigenvalue weighted by Crippen LogP contribution is -2.13. The summed E-state index contributed by atoms with van der Waals surface area (Å²) in [4.78, 5) is 0. The van der Waals surface area contributed by atoms with E-state index in [1.807, 2.05) is 12.1 Å². The summed E-state index contributed by atoms with van der Waals surface area (Å²) < 4.78 is 10.5. The number of hydrogen-bond donors (Lipinski definition) is 1. The van der Waals surface area contributed by atoms with Gasteiger partial charge in [0.2, 0.25) is 0 Å². The molecule has 1 aromatic rings. The maximum absolute atomic E-state index is 10.0. The van der Waals surface area contributed by atoms with Crippen molar-refractivity contribution in [1.29, 1.82) is 0 Å². The Hall–Kier alpha value is -0.770. The second-order valence-corrected chi connectivity index (χ2v) is 4.49. The summed E-state index contributed by atoms with van der Waals surface area (Å²) in [6.07, 6.45) is 1.56. The molecular weight excluding hydrogens is 216 g/mol. The fourth-order valence-corrected chi connectivity index (χ4v) is 2.21. The molecule has 0 unspecified atom stereocenters. The van der Waals surface area contributed by atoms with E-state index in [0.717, 1.165) is 29.7 Å².